The zero-order valence-corrected chi connectivity index (χ0v) is 29.4. The van der Waals surface area contributed by atoms with Crippen LogP contribution in [0.25, 0.3) is 0 Å². The van der Waals surface area contributed by atoms with E-state index in [1.54, 1.807) is 6.26 Å². The number of furan rings is 1. The van der Waals surface area contributed by atoms with Crippen molar-refractivity contribution in [2.75, 3.05) is 65.4 Å². The highest BCUT2D eigenvalue weighted by molar-refractivity contribution is 7.90. The molecule has 0 aliphatic carbocycles. The maximum absolute atomic E-state index is 10.2. The summed E-state index contributed by atoms with van der Waals surface area (Å²) < 4.78 is 25.4. The largest absolute Gasteiger partial charge is 0.469 e. The van der Waals surface area contributed by atoms with Gasteiger partial charge >= 0.3 is 0 Å². The summed E-state index contributed by atoms with van der Waals surface area (Å²) in [6.45, 7) is 25.4. The molecule has 0 amide bonds. The van der Waals surface area contributed by atoms with E-state index in [9.17, 15) is 8.42 Å². The van der Waals surface area contributed by atoms with Crippen LogP contribution in [-0.2, 0) is 16.3 Å². The van der Waals surface area contributed by atoms with E-state index in [0.717, 1.165) is 24.6 Å². The number of likely N-dealkylation sites (tertiary alicyclic amines) is 2. The molecule has 2 aliphatic rings. The first-order chi connectivity index (χ1) is 18.8. The van der Waals surface area contributed by atoms with Gasteiger partial charge in [0.2, 0.25) is 0 Å². The minimum atomic E-state index is -2.67. The van der Waals surface area contributed by atoms with Gasteiger partial charge in [-0.05, 0) is 116 Å². The minimum Gasteiger partial charge on any atom is -0.469 e. The van der Waals surface area contributed by atoms with Gasteiger partial charge in [0.15, 0.2) is 0 Å². The van der Waals surface area contributed by atoms with Gasteiger partial charge < -0.3 is 19.1 Å². The summed E-state index contributed by atoms with van der Waals surface area (Å²) in [5, 5.41) is 0. The molecule has 2 fully saturated rings. The van der Waals surface area contributed by atoms with Crippen LogP contribution >= 0.6 is 0 Å². The van der Waals surface area contributed by atoms with E-state index in [0.29, 0.717) is 11.2 Å². The number of aryl methyl sites for hydroxylation is 1. The highest BCUT2D eigenvalue weighted by Crippen LogP contribution is 2.19. The molecule has 1 aromatic rings. The van der Waals surface area contributed by atoms with Crippen molar-refractivity contribution in [2.45, 2.75) is 119 Å². The van der Waals surface area contributed by atoms with E-state index in [1.165, 1.54) is 90.5 Å². The number of hydrogen-bond acceptors (Lipinski definition) is 6. The summed E-state index contributed by atoms with van der Waals surface area (Å²) >= 11 is 0. The zero-order chi connectivity index (χ0) is 31.0. The molecule has 0 aromatic carbocycles. The molecular weight excluding hydrogens is 518 g/mol. The molecule has 1 unspecified atom stereocenters. The van der Waals surface area contributed by atoms with Gasteiger partial charge in [0.1, 0.15) is 15.6 Å². The van der Waals surface area contributed by atoms with Crippen molar-refractivity contribution in [2.24, 2.45) is 5.41 Å². The highest BCUT2D eigenvalue weighted by atomic mass is 32.2. The first-order valence-corrected chi connectivity index (χ1v) is 18.2. The monoisotopic (exact) mass is 588 g/mol. The van der Waals surface area contributed by atoms with E-state index in [4.69, 9.17) is 4.42 Å². The SMILES string of the molecule is CCC(C)(C)CN(C)C.CCC1CCCN1CC.CCCN1CCCC1.CCCS(C)(=O)=O.CCc1ccco1. The maximum Gasteiger partial charge on any atom is 0.147 e. The fourth-order valence-corrected chi connectivity index (χ4v) is 5.69. The molecule has 240 valence electrons. The van der Waals surface area contributed by atoms with Gasteiger partial charge in [0.25, 0.3) is 0 Å². The molecule has 1 atom stereocenters. The predicted molar refractivity (Wildman–Crippen MR) is 177 cm³/mol. The lowest BCUT2D eigenvalue weighted by Crippen LogP contribution is -2.28. The van der Waals surface area contributed by atoms with E-state index < -0.39 is 9.84 Å². The molecule has 0 saturated carbocycles. The van der Waals surface area contributed by atoms with Crippen LogP contribution in [0, 0.1) is 5.41 Å². The van der Waals surface area contributed by atoms with E-state index in [1.807, 2.05) is 19.1 Å². The number of nitrogens with zero attached hydrogens (tertiary/aromatic N) is 3. The van der Waals surface area contributed by atoms with Gasteiger partial charge in [-0.2, -0.15) is 0 Å². The van der Waals surface area contributed by atoms with Crippen LogP contribution in [-0.4, -0.2) is 94.5 Å². The highest BCUT2D eigenvalue weighted by Gasteiger charge is 2.20. The summed E-state index contributed by atoms with van der Waals surface area (Å²) in [4.78, 5) is 7.36. The van der Waals surface area contributed by atoms with Crippen LogP contribution in [0.3, 0.4) is 0 Å². The molecule has 0 radical (unpaired) electrons. The second-order valence-corrected chi connectivity index (χ2v) is 14.5. The molecule has 40 heavy (non-hydrogen) atoms. The first-order valence-electron chi connectivity index (χ1n) is 16.1. The van der Waals surface area contributed by atoms with Crippen molar-refractivity contribution in [3.63, 3.8) is 0 Å². The summed E-state index contributed by atoms with van der Waals surface area (Å²) in [6, 6.07) is 4.79. The Balaban J connectivity index is 0. The van der Waals surface area contributed by atoms with Crippen LogP contribution in [0.4, 0.5) is 0 Å². The van der Waals surface area contributed by atoms with E-state index in [-0.39, 0.29) is 0 Å². The number of sulfone groups is 1. The van der Waals surface area contributed by atoms with Crippen molar-refractivity contribution in [3.8, 4) is 0 Å². The smallest absolute Gasteiger partial charge is 0.147 e. The van der Waals surface area contributed by atoms with Crippen LogP contribution in [0.15, 0.2) is 22.8 Å². The predicted octanol–water partition coefficient (Wildman–Crippen LogP) is 7.64. The third-order valence-corrected chi connectivity index (χ3v) is 8.47. The lowest BCUT2D eigenvalue weighted by molar-refractivity contribution is 0.233. The van der Waals surface area contributed by atoms with Gasteiger partial charge in [0.05, 0.1) is 6.26 Å². The standard InChI is InChI=1S/C8H17N.C8H19N.C7H15N.C6H8O.C4H10O2S/c1-3-8-6-5-7-9(8)4-2;1-6-8(2,3)7-9(4)5;1-2-5-8-6-3-4-7-8;1-2-6-4-3-5-7-6;1-3-4-7(2,5)6/h8H,3-7H2,1-2H3;6-7H2,1-5H3;2-7H2,1H3;3-5H,2H2,1H3;3-4H2,1-2H3. The Morgan fingerprint density at radius 1 is 0.975 bits per heavy atom. The van der Waals surface area contributed by atoms with Crippen molar-refractivity contribution in [1.82, 2.24) is 14.7 Å². The topological polar surface area (TPSA) is 57.0 Å². The van der Waals surface area contributed by atoms with Crippen LogP contribution in [0.5, 0.6) is 0 Å². The average molecular weight is 588 g/mol. The van der Waals surface area contributed by atoms with Crippen LogP contribution in [0.1, 0.15) is 113 Å². The summed E-state index contributed by atoms with van der Waals surface area (Å²) in [6.07, 6.45) is 14.3. The molecular formula is C33H69N3O3S. The summed E-state index contributed by atoms with van der Waals surface area (Å²) in [5.41, 5.74) is 0.490. The van der Waals surface area contributed by atoms with Crippen molar-refractivity contribution >= 4 is 9.84 Å². The molecule has 3 heterocycles. The van der Waals surface area contributed by atoms with E-state index >= 15 is 0 Å². The van der Waals surface area contributed by atoms with Gasteiger partial charge in [-0.3, -0.25) is 0 Å². The van der Waals surface area contributed by atoms with Gasteiger partial charge in [-0.25, -0.2) is 8.42 Å². The quantitative estimate of drug-likeness (QED) is 0.280. The van der Waals surface area contributed by atoms with Gasteiger partial charge in [-0.15, -0.1) is 0 Å². The van der Waals surface area contributed by atoms with Crippen molar-refractivity contribution in [3.05, 3.63) is 24.2 Å². The Morgan fingerprint density at radius 2 is 1.60 bits per heavy atom. The second-order valence-electron chi connectivity index (χ2n) is 12.2. The molecule has 3 rings (SSSR count). The third kappa shape index (κ3) is 24.9. The minimum absolute atomic E-state index is 0.312. The lowest BCUT2D eigenvalue weighted by Gasteiger charge is -2.26. The Labute approximate surface area is 251 Å². The molecule has 6 nitrogen and oxygen atoms in total. The number of hydrogen-bond donors (Lipinski definition) is 0. The van der Waals surface area contributed by atoms with Crippen molar-refractivity contribution < 1.29 is 12.8 Å². The van der Waals surface area contributed by atoms with E-state index in [2.05, 4.69) is 77.3 Å². The normalized spacial score (nSPS) is 17.6. The lowest BCUT2D eigenvalue weighted by atomic mass is 9.90. The molecule has 7 heteroatoms. The van der Waals surface area contributed by atoms with Crippen LogP contribution in [0.2, 0.25) is 0 Å². The second kappa shape index (κ2) is 24.7. The number of rotatable bonds is 10. The molecule has 1 aromatic heterocycles. The summed E-state index contributed by atoms with van der Waals surface area (Å²) in [5.74, 6) is 1.37. The zero-order valence-electron chi connectivity index (χ0n) is 28.6. The maximum atomic E-state index is 10.2. The van der Waals surface area contributed by atoms with Gasteiger partial charge in [0, 0.05) is 31.0 Å². The summed E-state index contributed by atoms with van der Waals surface area (Å²) in [7, 11) is 1.57. The molecule has 0 N–H and O–H groups in total. The fourth-order valence-electron chi connectivity index (χ4n) is 4.95. The molecule has 2 saturated heterocycles. The Hall–Kier alpha value is -0.890. The Kier molecular flexibility index (Phi) is 25.5. The van der Waals surface area contributed by atoms with Crippen LogP contribution < -0.4 is 0 Å². The molecule has 2 aliphatic heterocycles. The Morgan fingerprint density at radius 3 is 1.88 bits per heavy atom. The van der Waals surface area contributed by atoms with Crippen molar-refractivity contribution in [1.29, 1.82) is 0 Å². The fraction of sp³-hybridized carbons (Fsp3) is 0.879. The molecule has 0 spiro atoms. The molecule has 0 bridgehead atoms. The first kappa shape index (κ1) is 41.2. The Bertz CT molecular complexity index is 748. The average Bonchev–Trinajstić information content (AvgIpc) is 3.67. The van der Waals surface area contributed by atoms with Gasteiger partial charge in [-0.1, -0.05) is 55.4 Å². The third-order valence-electron chi connectivity index (χ3n) is 7.32.